The summed E-state index contributed by atoms with van der Waals surface area (Å²) in [5.41, 5.74) is -1.05. The van der Waals surface area contributed by atoms with E-state index >= 15 is 0 Å². The standard InChI is InChI=1S/C15H17F3N2O2/c1-10(21)20(9-8-19-14(22)11-6-7-11)13-5-3-2-4-12(13)15(16,17)18/h2-5,11H,6-9H2,1H3,(H,19,22). The van der Waals surface area contributed by atoms with E-state index in [2.05, 4.69) is 5.32 Å². The number of carbonyl (C=O) groups excluding carboxylic acids is 2. The predicted molar refractivity (Wildman–Crippen MR) is 75.2 cm³/mol. The van der Waals surface area contributed by atoms with Crippen molar-refractivity contribution in [2.24, 2.45) is 5.92 Å². The van der Waals surface area contributed by atoms with Gasteiger partial charge in [0, 0.05) is 25.9 Å². The lowest BCUT2D eigenvalue weighted by Gasteiger charge is -2.25. The zero-order valence-corrected chi connectivity index (χ0v) is 12.1. The Morgan fingerprint density at radius 2 is 1.91 bits per heavy atom. The number of rotatable bonds is 5. The molecule has 0 radical (unpaired) electrons. The number of anilines is 1. The minimum Gasteiger partial charge on any atom is -0.354 e. The highest BCUT2D eigenvalue weighted by molar-refractivity contribution is 5.92. The Kier molecular flexibility index (Phi) is 4.73. The molecule has 4 nitrogen and oxygen atoms in total. The van der Waals surface area contributed by atoms with Crippen molar-refractivity contribution in [3.05, 3.63) is 29.8 Å². The van der Waals surface area contributed by atoms with Crippen LogP contribution in [0.4, 0.5) is 18.9 Å². The summed E-state index contributed by atoms with van der Waals surface area (Å²) in [6, 6.07) is 4.92. The zero-order chi connectivity index (χ0) is 16.3. The zero-order valence-electron chi connectivity index (χ0n) is 12.1. The molecule has 0 bridgehead atoms. The number of alkyl halides is 3. The van der Waals surface area contributed by atoms with Gasteiger partial charge in [0.1, 0.15) is 0 Å². The summed E-state index contributed by atoms with van der Waals surface area (Å²) in [5, 5.41) is 2.64. The third-order valence-corrected chi connectivity index (χ3v) is 3.46. The average Bonchev–Trinajstić information content (AvgIpc) is 3.26. The summed E-state index contributed by atoms with van der Waals surface area (Å²) >= 11 is 0. The van der Waals surface area contributed by atoms with Crippen molar-refractivity contribution in [2.45, 2.75) is 25.9 Å². The van der Waals surface area contributed by atoms with Gasteiger partial charge in [-0.15, -0.1) is 0 Å². The molecule has 0 aliphatic heterocycles. The van der Waals surface area contributed by atoms with Crippen molar-refractivity contribution in [3.63, 3.8) is 0 Å². The largest absolute Gasteiger partial charge is 0.418 e. The van der Waals surface area contributed by atoms with Crippen LogP contribution in [0.15, 0.2) is 24.3 Å². The molecule has 1 aromatic rings. The fourth-order valence-electron chi connectivity index (χ4n) is 2.18. The number of benzene rings is 1. The molecule has 0 atom stereocenters. The third-order valence-electron chi connectivity index (χ3n) is 3.46. The molecule has 1 fully saturated rings. The van der Waals surface area contributed by atoms with Gasteiger partial charge >= 0.3 is 6.18 Å². The minimum absolute atomic E-state index is 0.000880. The van der Waals surface area contributed by atoms with Gasteiger partial charge in [-0.3, -0.25) is 9.59 Å². The molecule has 0 unspecified atom stereocenters. The summed E-state index contributed by atoms with van der Waals surface area (Å²) in [4.78, 5) is 24.3. The van der Waals surface area contributed by atoms with Crippen LogP contribution in [0.5, 0.6) is 0 Å². The van der Waals surface area contributed by atoms with Crippen LogP contribution in [0.3, 0.4) is 0 Å². The highest BCUT2D eigenvalue weighted by atomic mass is 19.4. The van der Waals surface area contributed by atoms with Crippen molar-refractivity contribution in [1.29, 1.82) is 0 Å². The van der Waals surface area contributed by atoms with Crippen LogP contribution in [-0.4, -0.2) is 24.9 Å². The maximum atomic E-state index is 13.0. The van der Waals surface area contributed by atoms with Gasteiger partial charge in [-0.05, 0) is 25.0 Å². The van der Waals surface area contributed by atoms with Gasteiger partial charge in [0.2, 0.25) is 11.8 Å². The van der Waals surface area contributed by atoms with Crippen LogP contribution >= 0.6 is 0 Å². The second kappa shape index (κ2) is 6.37. The van der Waals surface area contributed by atoms with E-state index in [0.717, 1.165) is 23.8 Å². The lowest BCUT2D eigenvalue weighted by atomic mass is 10.1. The maximum Gasteiger partial charge on any atom is 0.418 e. The molecule has 2 amide bonds. The summed E-state index contributed by atoms with van der Waals surface area (Å²) in [6.45, 7) is 1.33. The second-order valence-electron chi connectivity index (χ2n) is 5.25. The van der Waals surface area contributed by atoms with Gasteiger partial charge in [-0.2, -0.15) is 13.2 Å². The van der Waals surface area contributed by atoms with Crippen molar-refractivity contribution in [2.75, 3.05) is 18.0 Å². The highest BCUT2D eigenvalue weighted by Crippen LogP contribution is 2.36. The Morgan fingerprint density at radius 1 is 1.27 bits per heavy atom. The monoisotopic (exact) mass is 314 g/mol. The fourth-order valence-corrected chi connectivity index (χ4v) is 2.18. The number of para-hydroxylation sites is 1. The molecular formula is C15H17F3N2O2. The SMILES string of the molecule is CC(=O)N(CCNC(=O)C1CC1)c1ccccc1C(F)(F)F. The van der Waals surface area contributed by atoms with E-state index in [1.54, 1.807) is 0 Å². The summed E-state index contributed by atoms with van der Waals surface area (Å²) in [6.07, 6.45) is -2.85. The topological polar surface area (TPSA) is 49.4 Å². The molecule has 0 spiro atoms. The van der Waals surface area contributed by atoms with E-state index in [-0.39, 0.29) is 30.6 Å². The minimum atomic E-state index is -4.54. The lowest BCUT2D eigenvalue weighted by Crippen LogP contribution is -2.38. The first-order valence-electron chi connectivity index (χ1n) is 7.02. The normalized spacial score (nSPS) is 14.5. The van der Waals surface area contributed by atoms with Crippen LogP contribution < -0.4 is 10.2 Å². The first-order valence-corrected chi connectivity index (χ1v) is 7.02. The molecule has 7 heteroatoms. The van der Waals surface area contributed by atoms with Gasteiger partial charge in [0.15, 0.2) is 0 Å². The molecule has 0 aromatic heterocycles. The third kappa shape index (κ3) is 3.99. The number of hydrogen-bond acceptors (Lipinski definition) is 2. The number of amides is 2. The van der Waals surface area contributed by atoms with Gasteiger partial charge in [0.25, 0.3) is 0 Å². The first kappa shape index (κ1) is 16.3. The molecule has 120 valence electrons. The van der Waals surface area contributed by atoms with E-state index in [1.807, 2.05) is 0 Å². The molecule has 22 heavy (non-hydrogen) atoms. The number of nitrogens with zero attached hydrogens (tertiary/aromatic N) is 1. The van der Waals surface area contributed by atoms with E-state index in [9.17, 15) is 22.8 Å². The molecule has 1 saturated carbocycles. The van der Waals surface area contributed by atoms with E-state index < -0.39 is 17.6 Å². The molecule has 1 aliphatic rings. The molecule has 1 aliphatic carbocycles. The fraction of sp³-hybridized carbons (Fsp3) is 0.467. The Labute approximate surface area is 126 Å². The first-order chi connectivity index (χ1) is 10.3. The molecule has 0 heterocycles. The van der Waals surface area contributed by atoms with E-state index in [4.69, 9.17) is 0 Å². The molecule has 1 N–H and O–H groups in total. The van der Waals surface area contributed by atoms with Crippen molar-refractivity contribution in [3.8, 4) is 0 Å². The summed E-state index contributed by atoms with van der Waals surface area (Å²) in [7, 11) is 0. The van der Waals surface area contributed by atoms with Crippen molar-refractivity contribution >= 4 is 17.5 Å². The molecule has 0 saturated heterocycles. The highest BCUT2D eigenvalue weighted by Gasteiger charge is 2.35. The number of hydrogen-bond donors (Lipinski definition) is 1. The van der Waals surface area contributed by atoms with Crippen LogP contribution in [-0.2, 0) is 15.8 Å². The Morgan fingerprint density at radius 3 is 2.45 bits per heavy atom. The molecule has 2 rings (SSSR count). The quantitative estimate of drug-likeness (QED) is 0.908. The van der Waals surface area contributed by atoms with Crippen LogP contribution in [0, 0.1) is 5.92 Å². The average molecular weight is 314 g/mol. The lowest BCUT2D eigenvalue weighted by molar-refractivity contribution is -0.137. The molecule has 1 aromatic carbocycles. The van der Waals surface area contributed by atoms with Crippen LogP contribution in [0.1, 0.15) is 25.3 Å². The summed E-state index contributed by atoms with van der Waals surface area (Å²) < 4.78 is 39.1. The Balaban J connectivity index is 2.10. The molecular weight excluding hydrogens is 297 g/mol. The number of nitrogens with one attached hydrogen (secondary N) is 1. The van der Waals surface area contributed by atoms with Gasteiger partial charge < -0.3 is 10.2 Å². The number of carbonyl (C=O) groups is 2. The van der Waals surface area contributed by atoms with Crippen LogP contribution in [0.2, 0.25) is 0 Å². The van der Waals surface area contributed by atoms with E-state index in [0.29, 0.717) is 0 Å². The maximum absolute atomic E-state index is 13.0. The second-order valence-corrected chi connectivity index (χ2v) is 5.25. The van der Waals surface area contributed by atoms with Gasteiger partial charge in [-0.1, -0.05) is 12.1 Å². The van der Waals surface area contributed by atoms with Gasteiger partial charge in [-0.25, -0.2) is 0 Å². The van der Waals surface area contributed by atoms with Gasteiger partial charge in [0.05, 0.1) is 11.3 Å². The van der Waals surface area contributed by atoms with Crippen molar-refractivity contribution < 1.29 is 22.8 Å². The Bertz CT molecular complexity index is 568. The Hall–Kier alpha value is -2.05. The van der Waals surface area contributed by atoms with E-state index in [1.165, 1.54) is 25.1 Å². The van der Waals surface area contributed by atoms with Crippen LogP contribution in [0.25, 0.3) is 0 Å². The smallest absolute Gasteiger partial charge is 0.354 e. The predicted octanol–water partition coefficient (Wildman–Crippen LogP) is 2.58. The number of halogens is 3. The summed E-state index contributed by atoms with van der Waals surface area (Å²) in [5.74, 6) is -0.585. The van der Waals surface area contributed by atoms with Crippen molar-refractivity contribution in [1.82, 2.24) is 5.32 Å².